The molecule has 0 aliphatic carbocycles. The third-order valence-electron chi connectivity index (χ3n) is 4.95. The van der Waals surface area contributed by atoms with Gasteiger partial charge in [-0.25, -0.2) is 13.6 Å². The van der Waals surface area contributed by atoms with E-state index in [4.69, 9.17) is 5.14 Å². The molecule has 0 aromatic heterocycles. The molecular weight excluding hydrogens is 348 g/mol. The van der Waals surface area contributed by atoms with Crippen LogP contribution in [0, 0.1) is 6.92 Å². The van der Waals surface area contributed by atoms with Crippen LogP contribution in [0.4, 0.5) is 0 Å². The van der Waals surface area contributed by atoms with Gasteiger partial charge in [-0.15, -0.1) is 0 Å². The average Bonchev–Trinajstić information content (AvgIpc) is 2.96. The number of carbonyl (C=O) groups excluding carboxylic acids is 1. The highest BCUT2D eigenvalue weighted by atomic mass is 32.2. The van der Waals surface area contributed by atoms with E-state index >= 15 is 0 Å². The fraction of sp³-hybridized carbons (Fsp3) is 0.350. The zero-order valence-corrected chi connectivity index (χ0v) is 15.9. The van der Waals surface area contributed by atoms with Crippen molar-refractivity contribution in [3.8, 4) is 0 Å². The number of nitrogens with two attached hydrogens (primary N) is 1. The Balaban J connectivity index is 1.72. The molecule has 2 aromatic rings. The minimum Gasteiger partial charge on any atom is -0.335 e. The van der Waals surface area contributed by atoms with Crippen molar-refractivity contribution in [3.05, 3.63) is 70.8 Å². The maximum absolute atomic E-state index is 12.9. The van der Waals surface area contributed by atoms with Crippen molar-refractivity contribution in [1.29, 1.82) is 0 Å². The summed E-state index contributed by atoms with van der Waals surface area (Å²) in [7, 11) is -3.57. The van der Waals surface area contributed by atoms with Gasteiger partial charge in [-0.3, -0.25) is 4.79 Å². The number of sulfonamides is 1. The monoisotopic (exact) mass is 372 g/mol. The average molecular weight is 372 g/mol. The minimum atomic E-state index is -3.57. The molecule has 1 aliphatic heterocycles. The number of amides is 1. The number of hydrogen-bond donors (Lipinski definition) is 1. The Kier molecular flexibility index (Phi) is 5.16. The lowest BCUT2D eigenvalue weighted by Gasteiger charge is -2.21. The largest absolute Gasteiger partial charge is 0.335 e. The van der Waals surface area contributed by atoms with Crippen LogP contribution in [0.5, 0.6) is 0 Å². The van der Waals surface area contributed by atoms with Crippen LogP contribution in [0.3, 0.4) is 0 Å². The molecule has 0 radical (unpaired) electrons. The van der Waals surface area contributed by atoms with E-state index in [2.05, 4.69) is 38.1 Å². The van der Waals surface area contributed by atoms with E-state index in [1.807, 2.05) is 4.90 Å². The van der Waals surface area contributed by atoms with E-state index in [-0.39, 0.29) is 17.7 Å². The quantitative estimate of drug-likeness (QED) is 0.896. The molecule has 1 amide bonds. The molecule has 26 heavy (non-hydrogen) atoms. The number of nitrogens with zero attached hydrogens (tertiary/aromatic N) is 1. The number of aryl methyl sites for hydroxylation is 1. The van der Waals surface area contributed by atoms with Gasteiger partial charge in [0.25, 0.3) is 5.91 Å². The first-order valence-corrected chi connectivity index (χ1v) is 10.4. The Morgan fingerprint density at radius 2 is 1.73 bits per heavy atom. The van der Waals surface area contributed by atoms with E-state index in [0.29, 0.717) is 23.6 Å². The number of likely N-dealkylation sites (tertiary alicyclic amines) is 1. The molecule has 0 spiro atoms. The Bertz CT molecular complexity index is 890. The lowest BCUT2D eigenvalue weighted by Crippen LogP contribution is -2.33. The maximum Gasteiger partial charge on any atom is 0.254 e. The first-order valence-electron chi connectivity index (χ1n) is 8.70. The second kappa shape index (κ2) is 7.21. The summed E-state index contributed by atoms with van der Waals surface area (Å²) >= 11 is 0. The van der Waals surface area contributed by atoms with Gasteiger partial charge in [0.05, 0.1) is 5.75 Å². The van der Waals surface area contributed by atoms with Gasteiger partial charge < -0.3 is 4.90 Å². The third-order valence-corrected chi connectivity index (χ3v) is 5.69. The molecule has 2 atom stereocenters. The van der Waals surface area contributed by atoms with Crippen LogP contribution in [-0.4, -0.2) is 31.8 Å². The Morgan fingerprint density at radius 3 is 2.31 bits per heavy atom. The van der Waals surface area contributed by atoms with Crippen molar-refractivity contribution in [2.75, 3.05) is 6.54 Å². The first kappa shape index (κ1) is 18.6. The summed E-state index contributed by atoms with van der Waals surface area (Å²) in [5.41, 5.74) is 3.64. The highest BCUT2D eigenvalue weighted by molar-refractivity contribution is 7.88. The maximum atomic E-state index is 12.9. The van der Waals surface area contributed by atoms with Crippen LogP contribution in [0.15, 0.2) is 48.5 Å². The molecule has 1 heterocycles. The van der Waals surface area contributed by atoms with Gasteiger partial charge in [0, 0.05) is 24.1 Å². The topological polar surface area (TPSA) is 80.5 Å². The number of rotatable bonds is 4. The van der Waals surface area contributed by atoms with Crippen LogP contribution in [-0.2, 0) is 15.8 Å². The van der Waals surface area contributed by atoms with Gasteiger partial charge in [-0.1, -0.05) is 42.0 Å². The standard InChI is InChI=1S/C20H24N2O3S/c1-14-3-7-17(8-4-14)19-11-15(2)22(12-19)20(23)18-9-5-16(6-10-18)13-26(21,24)25/h3-10,15,19H,11-13H2,1-2H3,(H2,21,24,25)/t15-,19+/m0/s1. The normalized spacial score (nSPS) is 20.3. The van der Waals surface area contributed by atoms with Crippen LogP contribution < -0.4 is 5.14 Å². The molecule has 2 aromatic carbocycles. The van der Waals surface area contributed by atoms with E-state index in [1.165, 1.54) is 11.1 Å². The summed E-state index contributed by atoms with van der Waals surface area (Å²) < 4.78 is 22.3. The lowest BCUT2D eigenvalue weighted by molar-refractivity contribution is 0.0746. The summed E-state index contributed by atoms with van der Waals surface area (Å²) in [4.78, 5) is 14.8. The van der Waals surface area contributed by atoms with Crippen molar-refractivity contribution in [3.63, 3.8) is 0 Å². The number of primary sulfonamides is 1. The van der Waals surface area contributed by atoms with Gasteiger partial charge in [0.2, 0.25) is 10.0 Å². The fourth-order valence-corrected chi connectivity index (χ4v) is 4.19. The van der Waals surface area contributed by atoms with Gasteiger partial charge >= 0.3 is 0 Å². The molecule has 5 nitrogen and oxygen atoms in total. The van der Waals surface area contributed by atoms with Gasteiger partial charge in [0.1, 0.15) is 0 Å². The van der Waals surface area contributed by atoms with Crippen LogP contribution in [0.1, 0.15) is 46.3 Å². The van der Waals surface area contributed by atoms with Crippen molar-refractivity contribution in [2.45, 2.75) is 38.0 Å². The molecule has 0 saturated carbocycles. The molecular formula is C20H24N2O3S. The van der Waals surface area contributed by atoms with Gasteiger partial charge in [-0.05, 0) is 43.5 Å². The highest BCUT2D eigenvalue weighted by Gasteiger charge is 2.33. The van der Waals surface area contributed by atoms with Crippen molar-refractivity contribution < 1.29 is 13.2 Å². The Hall–Kier alpha value is -2.18. The summed E-state index contributed by atoms with van der Waals surface area (Å²) in [6.07, 6.45) is 0.943. The van der Waals surface area contributed by atoms with Crippen LogP contribution in [0.25, 0.3) is 0 Å². The van der Waals surface area contributed by atoms with Crippen molar-refractivity contribution in [1.82, 2.24) is 4.90 Å². The smallest absolute Gasteiger partial charge is 0.254 e. The highest BCUT2D eigenvalue weighted by Crippen LogP contribution is 2.32. The second-order valence-electron chi connectivity index (χ2n) is 7.15. The molecule has 6 heteroatoms. The third kappa shape index (κ3) is 4.31. The van der Waals surface area contributed by atoms with Gasteiger partial charge in [-0.2, -0.15) is 0 Å². The summed E-state index contributed by atoms with van der Waals surface area (Å²) in [5, 5.41) is 5.06. The predicted molar refractivity (Wildman–Crippen MR) is 102 cm³/mol. The molecule has 1 fully saturated rings. The number of carbonyl (C=O) groups is 1. The predicted octanol–water partition coefficient (Wildman–Crippen LogP) is 2.80. The fourth-order valence-electron chi connectivity index (χ4n) is 3.54. The van der Waals surface area contributed by atoms with E-state index in [1.54, 1.807) is 24.3 Å². The minimum absolute atomic E-state index is 0.0192. The SMILES string of the molecule is Cc1ccc([C@@H]2C[C@H](C)N(C(=O)c3ccc(CS(N)(=O)=O)cc3)C2)cc1. The molecule has 0 unspecified atom stereocenters. The number of hydrogen-bond acceptors (Lipinski definition) is 3. The lowest BCUT2D eigenvalue weighted by atomic mass is 9.96. The Labute approximate surface area is 154 Å². The molecule has 138 valence electrons. The van der Waals surface area contributed by atoms with E-state index in [9.17, 15) is 13.2 Å². The molecule has 0 bridgehead atoms. The number of benzene rings is 2. The molecule has 3 rings (SSSR count). The second-order valence-corrected chi connectivity index (χ2v) is 8.77. The van der Waals surface area contributed by atoms with Crippen molar-refractivity contribution in [2.24, 2.45) is 5.14 Å². The summed E-state index contributed by atoms with van der Waals surface area (Å²) in [5.74, 6) is 0.0994. The zero-order valence-electron chi connectivity index (χ0n) is 15.1. The van der Waals surface area contributed by atoms with E-state index < -0.39 is 10.0 Å². The van der Waals surface area contributed by atoms with Crippen LogP contribution >= 0.6 is 0 Å². The molecule has 1 aliphatic rings. The van der Waals surface area contributed by atoms with E-state index in [0.717, 1.165) is 6.42 Å². The first-order chi connectivity index (χ1) is 12.2. The molecule has 2 N–H and O–H groups in total. The molecule has 1 saturated heterocycles. The summed E-state index contributed by atoms with van der Waals surface area (Å²) in [6.45, 7) is 4.83. The van der Waals surface area contributed by atoms with Crippen LogP contribution in [0.2, 0.25) is 0 Å². The van der Waals surface area contributed by atoms with Gasteiger partial charge in [0.15, 0.2) is 0 Å². The summed E-state index contributed by atoms with van der Waals surface area (Å²) in [6, 6.07) is 15.3. The van der Waals surface area contributed by atoms with Crippen molar-refractivity contribution >= 4 is 15.9 Å². The Morgan fingerprint density at radius 1 is 1.12 bits per heavy atom. The zero-order chi connectivity index (χ0) is 18.9.